The molecule has 24 heavy (non-hydrogen) atoms. The molecule has 1 fully saturated rings. The maximum Gasteiger partial charge on any atom is 0.226 e. The number of rotatable bonds is 6. The predicted molar refractivity (Wildman–Crippen MR) is 89.4 cm³/mol. The Morgan fingerprint density at radius 3 is 2.75 bits per heavy atom. The highest BCUT2D eigenvalue weighted by Gasteiger charge is 2.25. The molecule has 3 heterocycles. The van der Waals surface area contributed by atoms with Gasteiger partial charge in [0, 0.05) is 31.1 Å². The fourth-order valence-electron chi connectivity index (χ4n) is 3.34. The van der Waals surface area contributed by atoms with E-state index in [1.165, 1.54) is 18.4 Å². The molecule has 1 saturated heterocycles. The molecule has 0 aromatic carbocycles. The summed E-state index contributed by atoms with van der Waals surface area (Å²) in [5.41, 5.74) is 2.20. The summed E-state index contributed by atoms with van der Waals surface area (Å²) in [4.78, 5) is 9.25. The topological polar surface area (TPSA) is 71.4 Å². The number of aryl methyl sites for hydroxylation is 3. The number of piperidine rings is 1. The largest absolute Gasteiger partial charge is 0.361 e. The Bertz CT molecular complexity index is 646. The summed E-state index contributed by atoms with van der Waals surface area (Å²) in [6.45, 7) is 9.77. The third-order valence-electron chi connectivity index (χ3n) is 4.87. The zero-order valence-corrected chi connectivity index (χ0v) is 15.1. The summed E-state index contributed by atoms with van der Waals surface area (Å²) >= 11 is 0. The van der Waals surface area contributed by atoms with E-state index in [1.807, 2.05) is 20.8 Å². The molecule has 1 aliphatic heterocycles. The van der Waals surface area contributed by atoms with Gasteiger partial charge in [0.2, 0.25) is 5.89 Å². The molecule has 2 aromatic rings. The van der Waals surface area contributed by atoms with Gasteiger partial charge >= 0.3 is 0 Å². The van der Waals surface area contributed by atoms with Gasteiger partial charge in [0.05, 0.1) is 12.2 Å². The number of likely N-dealkylation sites (tertiary alicyclic amines) is 1. The molecular weight excluding hydrogens is 306 g/mol. The zero-order valence-electron chi connectivity index (χ0n) is 15.1. The van der Waals surface area contributed by atoms with Crippen LogP contribution < -0.4 is 0 Å². The van der Waals surface area contributed by atoms with Crippen LogP contribution in [0.1, 0.15) is 48.5 Å². The Labute approximate surface area is 143 Å². The van der Waals surface area contributed by atoms with E-state index >= 15 is 0 Å². The summed E-state index contributed by atoms with van der Waals surface area (Å²) in [5, 5.41) is 8.13. The molecule has 3 rings (SSSR count). The van der Waals surface area contributed by atoms with Crippen molar-refractivity contribution >= 4 is 0 Å². The lowest BCUT2D eigenvalue weighted by molar-refractivity contribution is 0.104. The van der Waals surface area contributed by atoms with Gasteiger partial charge in [-0.25, -0.2) is 0 Å². The van der Waals surface area contributed by atoms with Crippen molar-refractivity contribution < 1.29 is 9.05 Å². The second-order valence-corrected chi connectivity index (χ2v) is 6.71. The zero-order chi connectivity index (χ0) is 17.1. The third kappa shape index (κ3) is 3.84. The van der Waals surface area contributed by atoms with Crippen LogP contribution >= 0.6 is 0 Å². The smallest absolute Gasteiger partial charge is 0.226 e. The highest BCUT2D eigenvalue weighted by atomic mass is 16.5. The number of nitrogens with zero attached hydrogens (tertiary/aromatic N) is 5. The summed E-state index contributed by atoms with van der Waals surface area (Å²) < 4.78 is 10.5. The Balaban J connectivity index is 1.58. The van der Waals surface area contributed by atoms with Gasteiger partial charge in [-0.1, -0.05) is 17.2 Å². The van der Waals surface area contributed by atoms with Gasteiger partial charge in [-0.05, 0) is 40.3 Å². The van der Waals surface area contributed by atoms with Crippen molar-refractivity contribution in [3.8, 4) is 0 Å². The first kappa shape index (κ1) is 17.1. The van der Waals surface area contributed by atoms with Crippen LogP contribution in [0.2, 0.25) is 0 Å². The second-order valence-electron chi connectivity index (χ2n) is 6.71. The molecule has 0 radical (unpaired) electrons. The number of hydrogen-bond acceptors (Lipinski definition) is 7. The molecule has 0 bridgehead atoms. The minimum Gasteiger partial charge on any atom is -0.361 e. The van der Waals surface area contributed by atoms with Crippen molar-refractivity contribution in [1.82, 2.24) is 25.1 Å². The summed E-state index contributed by atoms with van der Waals surface area (Å²) in [5.74, 6) is 2.43. The van der Waals surface area contributed by atoms with Crippen molar-refractivity contribution in [3.63, 3.8) is 0 Å². The van der Waals surface area contributed by atoms with Crippen LogP contribution in [-0.4, -0.2) is 51.3 Å². The van der Waals surface area contributed by atoms with Gasteiger partial charge in [0.25, 0.3) is 0 Å². The number of likely N-dealkylation sites (N-methyl/N-ethyl adjacent to an activating group) is 1. The standard InChI is InChI=1S/C17H27N5O2/c1-5-17-18-16(20-24-17)11-22-8-6-7-14(9-22)21(4)10-15-12(2)19-23-13(15)3/h14H,5-11H2,1-4H3/t14-/m1/s1. The van der Waals surface area contributed by atoms with Crippen LogP contribution in [0, 0.1) is 13.8 Å². The Morgan fingerprint density at radius 1 is 1.25 bits per heavy atom. The molecule has 132 valence electrons. The minimum absolute atomic E-state index is 0.519. The van der Waals surface area contributed by atoms with Gasteiger partial charge in [0.1, 0.15) is 5.76 Å². The van der Waals surface area contributed by atoms with Crippen molar-refractivity contribution in [2.24, 2.45) is 0 Å². The second kappa shape index (κ2) is 7.44. The molecule has 0 amide bonds. The van der Waals surface area contributed by atoms with Crippen molar-refractivity contribution in [3.05, 3.63) is 28.7 Å². The van der Waals surface area contributed by atoms with E-state index in [1.54, 1.807) is 0 Å². The van der Waals surface area contributed by atoms with Gasteiger partial charge in [-0.2, -0.15) is 4.98 Å². The molecular formula is C17H27N5O2. The van der Waals surface area contributed by atoms with Crippen molar-refractivity contribution in [1.29, 1.82) is 0 Å². The summed E-state index contributed by atoms with van der Waals surface area (Å²) in [6, 6.07) is 0.519. The lowest BCUT2D eigenvalue weighted by Crippen LogP contribution is -2.46. The monoisotopic (exact) mass is 333 g/mol. The van der Waals surface area contributed by atoms with E-state index in [0.29, 0.717) is 11.9 Å². The van der Waals surface area contributed by atoms with E-state index in [2.05, 4.69) is 32.1 Å². The van der Waals surface area contributed by atoms with Gasteiger partial charge in [-0.3, -0.25) is 9.80 Å². The summed E-state index contributed by atoms with van der Waals surface area (Å²) in [6.07, 6.45) is 3.19. The highest BCUT2D eigenvalue weighted by Crippen LogP contribution is 2.21. The molecule has 1 aliphatic rings. The van der Waals surface area contributed by atoms with Gasteiger partial charge in [-0.15, -0.1) is 0 Å². The Kier molecular flexibility index (Phi) is 5.30. The Hall–Kier alpha value is -1.73. The van der Waals surface area contributed by atoms with Crippen LogP contribution in [0.3, 0.4) is 0 Å². The molecule has 0 unspecified atom stereocenters. The SMILES string of the molecule is CCc1nc(CN2CCC[C@@H](N(C)Cc3c(C)noc3C)C2)no1. The lowest BCUT2D eigenvalue weighted by Gasteiger charge is -2.37. The first-order chi connectivity index (χ1) is 11.6. The lowest BCUT2D eigenvalue weighted by atomic mass is 10.0. The van der Waals surface area contributed by atoms with Crippen molar-refractivity contribution in [2.75, 3.05) is 20.1 Å². The van der Waals surface area contributed by atoms with E-state index in [0.717, 1.165) is 49.9 Å². The number of aromatic nitrogens is 3. The maximum atomic E-state index is 5.28. The molecule has 0 aliphatic carbocycles. The first-order valence-corrected chi connectivity index (χ1v) is 8.72. The van der Waals surface area contributed by atoms with E-state index in [9.17, 15) is 0 Å². The Morgan fingerprint density at radius 2 is 2.08 bits per heavy atom. The molecule has 0 spiro atoms. The molecule has 7 nitrogen and oxygen atoms in total. The van der Waals surface area contributed by atoms with Crippen LogP contribution in [0.5, 0.6) is 0 Å². The fraction of sp³-hybridized carbons (Fsp3) is 0.706. The average molecular weight is 333 g/mol. The van der Waals surface area contributed by atoms with Crippen LogP contribution in [0.4, 0.5) is 0 Å². The molecule has 7 heteroatoms. The predicted octanol–water partition coefficient (Wildman–Crippen LogP) is 2.33. The first-order valence-electron chi connectivity index (χ1n) is 8.72. The van der Waals surface area contributed by atoms with Gasteiger partial charge < -0.3 is 9.05 Å². The van der Waals surface area contributed by atoms with Crippen LogP contribution in [0.15, 0.2) is 9.05 Å². The number of hydrogen-bond donors (Lipinski definition) is 0. The third-order valence-corrected chi connectivity index (χ3v) is 4.87. The van der Waals surface area contributed by atoms with E-state index < -0.39 is 0 Å². The van der Waals surface area contributed by atoms with Crippen molar-refractivity contribution in [2.45, 2.75) is 59.2 Å². The highest BCUT2D eigenvalue weighted by molar-refractivity contribution is 5.20. The quantitative estimate of drug-likeness (QED) is 0.803. The van der Waals surface area contributed by atoms with E-state index in [4.69, 9.17) is 9.05 Å². The molecule has 1 atom stereocenters. The minimum atomic E-state index is 0.519. The molecule has 0 saturated carbocycles. The fourth-order valence-corrected chi connectivity index (χ4v) is 3.34. The summed E-state index contributed by atoms with van der Waals surface area (Å²) in [7, 11) is 2.18. The van der Waals surface area contributed by atoms with E-state index in [-0.39, 0.29) is 0 Å². The van der Waals surface area contributed by atoms with Crippen LogP contribution in [-0.2, 0) is 19.5 Å². The van der Waals surface area contributed by atoms with Gasteiger partial charge in [0.15, 0.2) is 5.82 Å². The molecule has 0 N–H and O–H groups in total. The normalized spacial score (nSPS) is 19.3. The molecule has 2 aromatic heterocycles. The maximum absolute atomic E-state index is 5.28. The van der Waals surface area contributed by atoms with Crippen LogP contribution in [0.25, 0.3) is 0 Å². The average Bonchev–Trinajstić information content (AvgIpc) is 3.16.